The smallest absolute Gasteiger partial charge is 0.170 e. The predicted molar refractivity (Wildman–Crippen MR) is 81.8 cm³/mol. The van der Waals surface area contributed by atoms with E-state index in [4.69, 9.17) is 12.2 Å². The molecule has 1 aromatic rings. The molecule has 1 aliphatic rings. The number of rotatable bonds is 4. The lowest BCUT2D eigenvalue weighted by Crippen LogP contribution is -2.29. The fraction of sp³-hybridized carbons (Fsp3) is 0.400. The molecule has 0 unspecified atom stereocenters. The van der Waals surface area contributed by atoms with Gasteiger partial charge in [0.25, 0.3) is 0 Å². The van der Waals surface area contributed by atoms with Crippen LogP contribution in [0.4, 0.5) is 10.1 Å². The van der Waals surface area contributed by atoms with Crippen LogP contribution in [0, 0.1) is 5.82 Å². The monoisotopic (exact) mass is 278 g/mol. The molecule has 0 radical (unpaired) electrons. The summed E-state index contributed by atoms with van der Waals surface area (Å²) in [6, 6.07) is 6.53. The van der Waals surface area contributed by atoms with Crippen molar-refractivity contribution in [3.05, 3.63) is 41.7 Å². The second-order valence-electron chi connectivity index (χ2n) is 4.72. The van der Waals surface area contributed by atoms with E-state index in [2.05, 4.69) is 16.7 Å². The second kappa shape index (κ2) is 7.24. The Morgan fingerprint density at radius 1 is 1.26 bits per heavy atom. The minimum Gasteiger partial charge on any atom is -0.362 e. The molecule has 4 heteroatoms. The first kappa shape index (κ1) is 14.0. The van der Waals surface area contributed by atoms with E-state index in [1.807, 2.05) is 0 Å². The normalized spacial score (nSPS) is 14.7. The summed E-state index contributed by atoms with van der Waals surface area (Å²) in [6.07, 6.45) is 8.36. The van der Waals surface area contributed by atoms with Crippen LogP contribution in [-0.4, -0.2) is 11.7 Å². The Morgan fingerprint density at radius 3 is 2.84 bits per heavy atom. The number of hydrogen-bond donors (Lipinski definition) is 2. The summed E-state index contributed by atoms with van der Waals surface area (Å²) >= 11 is 5.15. The van der Waals surface area contributed by atoms with Gasteiger partial charge in [0.1, 0.15) is 5.82 Å². The Hall–Kier alpha value is -1.42. The van der Waals surface area contributed by atoms with Crippen LogP contribution >= 0.6 is 12.2 Å². The number of thiocarbonyl (C=S) groups is 1. The zero-order valence-corrected chi connectivity index (χ0v) is 11.7. The molecule has 0 fully saturated rings. The fourth-order valence-corrected chi connectivity index (χ4v) is 2.41. The van der Waals surface area contributed by atoms with Crippen molar-refractivity contribution >= 4 is 23.0 Å². The van der Waals surface area contributed by atoms with Gasteiger partial charge in [-0.25, -0.2) is 4.39 Å². The first-order valence-electron chi connectivity index (χ1n) is 6.73. The first-order chi connectivity index (χ1) is 9.25. The summed E-state index contributed by atoms with van der Waals surface area (Å²) in [5, 5.41) is 6.47. The summed E-state index contributed by atoms with van der Waals surface area (Å²) in [7, 11) is 0. The standard InChI is InChI=1S/C15H19FN2S/c16-13-8-4-5-9-14(13)18-15(19)17-11-10-12-6-2-1-3-7-12/h4-6,8-9H,1-3,7,10-11H2,(H2,17,18,19). The lowest BCUT2D eigenvalue weighted by atomic mass is 9.97. The third-order valence-corrected chi connectivity index (χ3v) is 3.49. The maximum absolute atomic E-state index is 13.4. The van der Waals surface area contributed by atoms with Crippen molar-refractivity contribution in [3.63, 3.8) is 0 Å². The van der Waals surface area contributed by atoms with Crippen LogP contribution < -0.4 is 10.6 Å². The van der Waals surface area contributed by atoms with Crippen molar-refractivity contribution in [2.24, 2.45) is 0 Å². The van der Waals surface area contributed by atoms with Crippen LogP contribution in [0.2, 0.25) is 0 Å². The minimum absolute atomic E-state index is 0.290. The van der Waals surface area contributed by atoms with Gasteiger partial charge in [0.05, 0.1) is 5.69 Å². The molecular formula is C15H19FN2S. The van der Waals surface area contributed by atoms with Gasteiger partial charge in [0.2, 0.25) is 0 Å². The molecule has 2 rings (SSSR count). The molecule has 0 bridgehead atoms. The average molecular weight is 278 g/mol. The highest BCUT2D eigenvalue weighted by Gasteiger charge is 2.05. The molecule has 0 heterocycles. The Balaban J connectivity index is 1.73. The van der Waals surface area contributed by atoms with Crippen LogP contribution in [0.25, 0.3) is 0 Å². The number of hydrogen-bond acceptors (Lipinski definition) is 1. The maximum atomic E-state index is 13.4. The number of nitrogens with one attached hydrogen (secondary N) is 2. The van der Waals surface area contributed by atoms with Crippen LogP contribution in [0.15, 0.2) is 35.9 Å². The van der Waals surface area contributed by atoms with Crippen molar-refractivity contribution in [1.82, 2.24) is 5.32 Å². The van der Waals surface area contributed by atoms with Crippen LogP contribution in [0.3, 0.4) is 0 Å². The van der Waals surface area contributed by atoms with Crippen LogP contribution in [-0.2, 0) is 0 Å². The molecule has 2 nitrogen and oxygen atoms in total. The third kappa shape index (κ3) is 4.63. The van der Waals surface area contributed by atoms with Crippen LogP contribution in [0.1, 0.15) is 32.1 Å². The lowest BCUT2D eigenvalue weighted by Gasteiger charge is -2.14. The summed E-state index contributed by atoms with van der Waals surface area (Å²) in [4.78, 5) is 0. The maximum Gasteiger partial charge on any atom is 0.170 e. The van der Waals surface area contributed by atoms with Gasteiger partial charge in [-0.15, -0.1) is 0 Å². The summed E-state index contributed by atoms with van der Waals surface area (Å²) in [5.41, 5.74) is 1.92. The van der Waals surface area contributed by atoms with E-state index in [0.717, 1.165) is 13.0 Å². The second-order valence-corrected chi connectivity index (χ2v) is 5.13. The Morgan fingerprint density at radius 2 is 2.11 bits per heavy atom. The quantitative estimate of drug-likeness (QED) is 0.643. The Kier molecular flexibility index (Phi) is 5.33. The molecule has 1 aliphatic carbocycles. The van der Waals surface area contributed by atoms with Crippen molar-refractivity contribution in [3.8, 4) is 0 Å². The molecule has 102 valence electrons. The molecule has 0 atom stereocenters. The van der Waals surface area contributed by atoms with E-state index in [0.29, 0.717) is 10.8 Å². The van der Waals surface area contributed by atoms with E-state index in [1.165, 1.54) is 37.3 Å². The number of benzene rings is 1. The topological polar surface area (TPSA) is 24.1 Å². The zero-order valence-electron chi connectivity index (χ0n) is 10.9. The highest BCUT2D eigenvalue weighted by atomic mass is 32.1. The summed E-state index contributed by atoms with van der Waals surface area (Å²) in [5.74, 6) is -0.290. The van der Waals surface area contributed by atoms with Gasteiger partial charge < -0.3 is 10.6 Å². The molecule has 1 aromatic carbocycles. The molecule has 2 N–H and O–H groups in total. The summed E-state index contributed by atoms with van der Waals surface area (Å²) in [6.45, 7) is 0.798. The van der Waals surface area contributed by atoms with E-state index >= 15 is 0 Å². The third-order valence-electron chi connectivity index (χ3n) is 3.24. The number of para-hydroxylation sites is 1. The molecule has 0 spiro atoms. The Bertz CT molecular complexity index is 471. The molecule has 19 heavy (non-hydrogen) atoms. The van der Waals surface area contributed by atoms with E-state index in [1.54, 1.807) is 18.2 Å². The number of anilines is 1. The van der Waals surface area contributed by atoms with Gasteiger partial charge in [-0.2, -0.15) is 0 Å². The van der Waals surface area contributed by atoms with Crippen molar-refractivity contribution in [2.45, 2.75) is 32.1 Å². The van der Waals surface area contributed by atoms with Crippen molar-refractivity contribution < 1.29 is 4.39 Å². The Labute approximate surface area is 119 Å². The largest absolute Gasteiger partial charge is 0.362 e. The zero-order chi connectivity index (χ0) is 13.5. The predicted octanol–water partition coefficient (Wildman–Crippen LogP) is 4.00. The molecule has 0 aromatic heterocycles. The summed E-state index contributed by atoms with van der Waals surface area (Å²) < 4.78 is 13.4. The minimum atomic E-state index is -0.290. The highest BCUT2D eigenvalue weighted by molar-refractivity contribution is 7.80. The van der Waals surface area contributed by atoms with Gasteiger partial charge in [-0.05, 0) is 56.5 Å². The van der Waals surface area contributed by atoms with Gasteiger partial charge in [-0.3, -0.25) is 0 Å². The highest BCUT2D eigenvalue weighted by Crippen LogP contribution is 2.19. The number of halogens is 1. The van der Waals surface area contributed by atoms with Gasteiger partial charge in [-0.1, -0.05) is 23.8 Å². The lowest BCUT2D eigenvalue weighted by molar-refractivity contribution is 0.632. The van der Waals surface area contributed by atoms with E-state index < -0.39 is 0 Å². The average Bonchev–Trinajstić information content (AvgIpc) is 2.43. The van der Waals surface area contributed by atoms with Gasteiger partial charge in [0.15, 0.2) is 5.11 Å². The first-order valence-corrected chi connectivity index (χ1v) is 7.14. The van der Waals surface area contributed by atoms with E-state index in [9.17, 15) is 4.39 Å². The van der Waals surface area contributed by atoms with Crippen molar-refractivity contribution in [2.75, 3.05) is 11.9 Å². The van der Waals surface area contributed by atoms with E-state index in [-0.39, 0.29) is 5.82 Å². The number of allylic oxidation sites excluding steroid dienone is 1. The molecule has 0 aliphatic heterocycles. The fourth-order valence-electron chi connectivity index (χ4n) is 2.20. The molecule has 0 amide bonds. The van der Waals surface area contributed by atoms with Gasteiger partial charge >= 0.3 is 0 Å². The molecule has 0 saturated heterocycles. The van der Waals surface area contributed by atoms with Crippen LogP contribution in [0.5, 0.6) is 0 Å². The molecule has 0 saturated carbocycles. The SMILES string of the molecule is Fc1ccccc1NC(=S)NCCC1=CCCCC1. The van der Waals surface area contributed by atoms with Crippen molar-refractivity contribution in [1.29, 1.82) is 0 Å². The van der Waals surface area contributed by atoms with Gasteiger partial charge in [0, 0.05) is 6.54 Å². The molecular weight excluding hydrogens is 259 g/mol.